The van der Waals surface area contributed by atoms with Crippen molar-refractivity contribution in [3.8, 4) is 0 Å². The lowest BCUT2D eigenvalue weighted by Gasteiger charge is -2.33. The van der Waals surface area contributed by atoms with Gasteiger partial charge in [0.25, 0.3) is 10.0 Å². The molecule has 24 heavy (non-hydrogen) atoms. The maximum atomic E-state index is 12.7. The van der Waals surface area contributed by atoms with E-state index in [0.717, 1.165) is 32.1 Å². The summed E-state index contributed by atoms with van der Waals surface area (Å²) in [5, 5.41) is 4.94. The number of sulfonamides is 1. The van der Waals surface area contributed by atoms with E-state index in [1.54, 1.807) is 17.5 Å². The molecule has 1 aliphatic heterocycles. The summed E-state index contributed by atoms with van der Waals surface area (Å²) in [7, 11) is -3.46. The number of piperidine rings is 1. The van der Waals surface area contributed by atoms with E-state index in [0.29, 0.717) is 23.2 Å². The average Bonchev–Trinajstić information content (AvgIpc) is 3.10. The molecule has 7 heteroatoms. The highest BCUT2D eigenvalue weighted by atomic mass is 32.2. The molecule has 1 aromatic heterocycles. The number of nitrogens with one attached hydrogen (secondary N) is 1. The van der Waals surface area contributed by atoms with Crippen molar-refractivity contribution in [3.05, 3.63) is 17.5 Å². The molecule has 1 aromatic rings. The second-order valence-corrected chi connectivity index (χ2v) is 10.2. The molecule has 2 fully saturated rings. The van der Waals surface area contributed by atoms with Crippen molar-refractivity contribution in [2.75, 3.05) is 13.1 Å². The molecule has 3 unspecified atom stereocenters. The lowest BCUT2D eigenvalue weighted by Crippen LogP contribution is -2.48. The first kappa shape index (κ1) is 17.9. The van der Waals surface area contributed by atoms with E-state index in [1.807, 2.05) is 0 Å². The van der Waals surface area contributed by atoms with E-state index < -0.39 is 10.0 Å². The van der Waals surface area contributed by atoms with Crippen molar-refractivity contribution in [2.24, 2.45) is 11.8 Å². The Morgan fingerprint density at radius 2 is 2.12 bits per heavy atom. The fourth-order valence-electron chi connectivity index (χ4n) is 3.80. The highest BCUT2D eigenvalue weighted by Crippen LogP contribution is 2.28. The second-order valence-electron chi connectivity index (χ2n) is 7.11. The number of rotatable bonds is 4. The van der Waals surface area contributed by atoms with Crippen molar-refractivity contribution < 1.29 is 13.2 Å². The number of hydrogen-bond acceptors (Lipinski definition) is 4. The summed E-state index contributed by atoms with van der Waals surface area (Å²) in [6.07, 6.45) is 5.99. The number of thiophene rings is 1. The largest absolute Gasteiger partial charge is 0.353 e. The summed E-state index contributed by atoms with van der Waals surface area (Å²) >= 11 is 1.23. The number of nitrogens with zero attached hydrogens (tertiary/aromatic N) is 1. The Morgan fingerprint density at radius 3 is 2.83 bits per heavy atom. The van der Waals surface area contributed by atoms with Crippen LogP contribution in [0.1, 0.15) is 45.4 Å². The third kappa shape index (κ3) is 4.00. The van der Waals surface area contributed by atoms with Crippen LogP contribution in [0.5, 0.6) is 0 Å². The molecule has 0 radical (unpaired) electrons. The topological polar surface area (TPSA) is 66.5 Å². The molecule has 1 N–H and O–H groups in total. The van der Waals surface area contributed by atoms with Crippen LogP contribution in [0.25, 0.3) is 0 Å². The van der Waals surface area contributed by atoms with Crippen LogP contribution >= 0.6 is 11.3 Å². The van der Waals surface area contributed by atoms with Crippen LogP contribution in [0.4, 0.5) is 0 Å². The Labute approximate surface area is 148 Å². The summed E-state index contributed by atoms with van der Waals surface area (Å²) in [6, 6.07) is 3.63. The molecule has 0 aromatic carbocycles. The summed E-state index contributed by atoms with van der Waals surface area (Å²) in [6.45, 7) is 3.03. The van der Waals surface area contributed by atoms with Gasteiger partial charge in [0.2, 0.25) is 5.91 Å². The SMILES string of the molecule is CC1CCCC(NC(=O)C2CCCN(S(=O)(=O)c3cccs3)C2)C1. The smallest absolute Gasteiger partial charge is 0.252 e. The highest BCUT2D eigenvalue weighted by Gasteiger charge is 2.34. The van der Waals surface area contributed by atoms with Crippen molar-refractivity contribution in [3.63, 3.8) is 0 Å². The first-order valence-electron chi connectivity index (χ1n) is 8.81. The summed E-state index contributed by atoms with van der Waals surface area (Å²) < 4.78 is 27.2. The zero-order valence-electron chi connectivity index (χ0n) is 14.1. The quantitative estimate of drug-likeness (QED) is 0.886. The molecule has 3 atom stereocenters. The molecule has 1 saturated carbocycles. The van der Waals surface area contributed by atoms with Gasteiger partial charge in [-0.15, -0.1) is 11.3 Å². The number of hydrogen-bond donors (Lipinski definition) is 1. The highest BCUT2D eigenvalue weighted by molar-refractivity contribution is 7.91. The van der Waals surface area contributed by atoms with E-state index in [9.17, 15) is 13.2 Å². The van der Waals surface area contributed by atoms with E-state index in [2.05, 4.69) is 12.2 Å². The van der Waals surface area contributed by atoms with Gasteiger partial charge in [0.1, 0.15) is 4.21 Å². The van der Waals surface area contributed by atoms with Crippen LogP contribution < -0.4 is 5.32 Å². The number of amides is 1. The Balaban J connectivity index is 1.62. The molecular weight excluding hydrogens is 344 g/mol. The molecule has 0 spiro atoms. The van der Waals surface area contributed by atoms with Gasteiger partial charge in [0.05, 0.1) is 5.92 Å². The van der Waals surface area contributed by atoms with E-state index >= 15 is 0 Å². The fourth-order valence-corrected chi connectivity index (χ4v) is 6.46. The van der Waals surface area contributed by atoms with E-state index in [1.165, 1.54) is 22.1 Å². The maximum Gasteiger partial charge on any atom is 0.252 e. The van der Waals surface area contributed by atoms with Gasteiger partial charge in [-0.05, 0) is 43.0 Å². The van der Waals surface area contributed by atoms with Gasteiger partial charge in [-0.1, -0.05) is 25.8 Å². The Bertz CT molecular complexity index is 657. The molecule has 1 saturated heterocycles. The van der Waals surface area contributed by atoms with Crippen molar-refractivity contribution in [1.29, 1.82) is 0 Å². The molecule has 0 bridgehead atoms. The minimum absolute atomic E-state index is 0.0279. The zero-order valence-corrected chi connectivity index (χ0v) is 15.7. The lowest BCUT2D eigenvalue weighted by atomic mass is 9.86. The molecule has 5 nitrogen and oxygen atoms in total. The van der Waals surface area contributed by atoms with Gasteiger partial charge < -0.3 is 5.32 Å². The van der Waals surface area contributed by atoms with Crippen LogP contribution in [0.3, 0.4) is 0 Å². The second kappa shape index (κ2) is 7.54. The predicted octanol–water partition coefficient (Wildman–Crippen LogP) is 2.84. The van der Waals surface area contributed by atoms with Gasteiger partial charge in [-0.3, -0.25) is 4.79 Å². The zero-order chi connectivity index (χ0) is 17.2. The van der Waals surface area contributed by atoms with Gasteiger partial charge >= 0.3 is 0 Å². The van der Waals surface area contributed by atoms with Crippen molar-refractivity contribution in [2.45, 2.75) is 55.7 Å². The lowest BCUT2D eigenvalue weighted by molar-refractivity contribution is -0.127. The third-order valence-corrected chi connectivity index (χ3v) is 8.37. The Morgan fingerprint density at radius 1 is 1.29 bits per heavy atom. The molecular formula is C17H26N2O3S2. The standard InChI is InChI=1S/C17H26N2O3S2/c1-13-5-2-7-15(11-13)18-17(20)14-6-3-9-19(12-14)24(21,22)16-8-4-10-23-16/h4,8,10,13-15H,2-3,5-7,9,11-12H2,1H3,(H,18,20). The van der Waals surface area contributed by atoms with E-state index in [4.69, 9.17) is 0 Å². The molecule has 3 rings (SSSR count). The number of carbonyl (C=O) groups excluding carboxylic acids is 1. The van der Waals surface area contributed by atoms with Crippen LogP contribution in [0.2, 0.25) is 0 Å². The van der Waals surface area contributed by atoms with Gasteiger partial charge in [-0.2, -0.15) is 4.31 Å². The third-order valence-electron chi connectivity index (χ3n) is 5.13. The van der Waals surface area contributed by atoms with Gasteiger partial charge in [0, 0.05) is 19.1 Å². The minimum Gasteiger partial charge on any atom is -0.353 e. The van der Waals surface area contributed by atoms with Gasteiger partial charge in [0.15, 0.2) is 0 Å². The minimum atomic E-state index is -3.46. The normalized spacial score (nSPS) is 29.3. The summed E-state index contributed by atoms with van der Waals surface area (Å²) in [5.41, 5.74) is 0. The van der Waals surface area contributed by atoms with Crippen LogP contribution in [0.15, 0.2) is 21.7 Å². The molecule has 1 amide bonds. The molecule has 2 heterocycles. The predicted molar refractivity (Wildman–Crippen MR) is 95.4 cm³/mol. The summed E-state index contributed by atoms with van der Waals surface area (Å²) in [4.78, 5) is 12.6. The van der Waals surface area contributed by atoms with Crippen LogP contribution in [-0.4, -0.2) is 37.8 Å². The van der Waals surface area contributed by atoms with Crippen molar-refractivity contribution >= 4 is 27.3 Å². The average molecular weight is 371 g/mol. The molecule has 1 aliphatic carbocycles. The first-order chi connectivity index (χ1) is 11.5. The first-order valence-corrected chi connectivity index (χ1v) is 11.1. The fraction of sp³-hybridized carbons (Fsp3) is 0.706. The van der Waals surface area contributed by atoms with Crippen LogP contribution in [0, 0.1) is 11.8 Å². The monoisotopic (exact) mass is 370 g/mol. The Kier molecular flexibility index (Phi) is 5.62. The maximum absolute atomic E-state index is 12.7. The van der Waals surface area contributed by atoms with Crippen molar-refractivity contribution in [1.82, 2.24) is 9.62 Å². The van der Waals surface area contributed by atoms with Crippen LogP contribution in [-0.2, 0) is 14.8 Å². The molecule has 2 aliphatic rings. The summed E-state index contributed by atoms with van der Waals surface area (Å²) in [5.74, 6) is 0.456. The van der Waals surface area contributed by atoms with E-state index in [-0.39, 0.29) is 17.9 Å². The number of carbonyl (C=O) groups is 1. The van der Waals surface area contributed by atoms with Gasteiger partial charge in [-0.25, -0.2) is 8.42 Å². The molecule has 134 valence electrons. The Hall–Kier alpha value is -0.920.